The van der Waals surface area contributed by atoms with Crippen molar-refractivity contribution in [3.8, 4) is 0 Å². The molecule has 8 heteroatoms. The second-order valence-electron chi connectivity index (χ2n) is 12.5. The largest absolute Gasteiger partial charge is 0.508 e. The van der Waals surface area contributed by atoms with Gasteiger partial charge in [-0.2, -0.15) is 0 Å². The number of likely N-dealkylation sites (N-methyl/N-ethyl adjacent to an activating group) is 1. The molecule has 0 aliphatic rings. The molecular formula is C36H72N2O6. The lowest BCUT2D eigenvalue weighted by Crippen LogP contribution is -2.36. The topological polar surface area (TPSA) is 97.3 Å². The fraction of sp³-hybridized carbons (Fsp3) is 0.944. The van der Waals surface area contributed by atoms with Gasteiger partial charge in [-0.25, -0.2) is 4.79 Å². The van der Waals surface area contributed by atoms with Crippen molar-refractivity contribution >= 4 is 12.1 Å². The summed E-state index contributed by atoms with van der Waals surface area (Å²) in [6.07, 6.45) is 20.9. The van der Waals surface area contributed by atoms with E-state index in [-0.39, 0.29) is 25.3 Å². The van der Waals surface area contributed by atoms with Crippen molar-refractivity contribution in [1.82, 2.24) is 10.2 Å². The van der Waals surface area contributed by atoms with E-state index in [0.717, 1.165) is 64.6 Å². The fourth-order valence-electron chi connectivity index (χ4n) is 5.52. The summed E-state index contributed by atoms with van der Waals surface area (Å²) >= 11 is 0. The smallest absolute Gasteiger partial charge is 0.465 e. The Morgan fingerprint density at radius 1 is 0.682 bits per heavy atom. The molecule has 0 rings (SSSR count). The Balaban J connectivity index is 4.61. The van der Waals surface area contributed by atoms with Crippen molar-refractivity contribution in [3.05, 3.63) is 0 Å². The van der Waals surface area contributed by atoms with Crippen LogP contribution in [0.2, 0.25) is 0 Å². The van der Waals surface area contributed by atoms with Gasteiger partial charge in [0.15, 0.2) is 0 Å². The number of hydrogen-bond donors (Lipinski definition) is 2. The Labute approximate surface area is 271 Å². The molecule has 44 heavy (non-hydrogen) atoms. The molecule has 0 fully saturated rings. The van der Waals surface area contributed by atoms with Gasteiger partial charge in [0.2, 0.25) is 0 Å². The van der Waals surface area contributed by atoms with Gasteiger partial charge in [-0.05, 0) is 51.0 Å². The predicted molar refractivity (Wildman–Crippen MR) is 182 cm³/mol. The third-order valence-electron chi connectivity index (χ3n) is 8.36. The van der Waals surface area contributed by atoms with Crippen LogP contribution in [0, 0.1) is 5.92 Å². The molecule has 0 aliphatic heterocycles. The Bertz CT molecular complexity index is 636. The second kappa shape index (κ2) is 33.0. The zero-order valence-corrected chi connectivity index (χ0v) is 29.4. The summed E-state index contributed by atoms with van der Waals surface area (Å²) in [4.78, 5) is 27.2. The van der Waals surface area contributed by atoms with Crippen molar-refractivity contribution in [3.63, 3.8) is 0 Å². The van der Waals surface area contributed by atoms with Crippen LogP contribution in [0.3, 0.4) is 0 Å². The number of esters is 1. The second-order valence-corrected chi connectivity index (χ2v) is 12.5. The number of aliphatic hydroxyl groups excluding tert-OH is 1. The maximum atomic E-state index is 12.6. The summed E-state index contributed by atoms with van der Waals surface area (Å²) in [5.74, 6) is 0.322. The number of nitrogens with zero attached hydrogens (tertiary/aromatic N) is 1. The van der Waals surface area contributed by atoms with Gasteiger partial charge in [0.1, 0.15) is 12.7 Å². The molecule has 0 aliphatic carbocycles. The van der Waals surface area contributed by atoms with Gasteiger partial charge in [-0.1, -0.05) is 111 Å². The van der Waals surface area contributed by atoms with Gasteiger partial charge in [-0.15, -0.1) is 0 Å². The van der Waals surface area contributed by atoms with Gasteiger partial charge >= 0.3 is 12.1 Å². The molecule has 2 atom stereocenters. The zero-order chi connectivity index (χ0) is 32.5. The molecule has 2 unspecified atom stereocenters. The average Bonchev–Trinajstić information content (AvgIpc) is 3.01. The molecule has 8 nitrogen and oxygen atoms in total. The maximum absolute atomic E-state index is 12.6. The summed E-state index contributed by atoms with van der Waals surface area (Å²) in [6.45, 7) is 13.1. The van der Waals surface area contributed by atoms with E-state index in [1.165, 1.54) is 64.2 Å². The van der Waals surface area contributed by atoms with E-state index in [1.54, 1.807) is 0 Å². The first-order valence-corrected chi connectivity index (χ1v) is 18.5. The first kappa shape index (κ1) is 42.6. The number of rotatable bonds is 33. The van der Waals surface area contributed by atoms with Crippen LogP contribution in [0.4, 0.5) is 4.79 Å². The molecule has 0 spiro atoms. The number of nitrogens with one attached hydrogen (secondary N) is 1. The highest BCUT2D eigenvalue weighted by Gasteiger charge is 2.18. The zero-order valence-electron chi connectivity index (χ0n) is 29.4. The number of ether oxygens (including phenoxy) is 3. The maximum Gasteiger partial charge on any atom is 0.508 e. The van der Waals surface area contributed by atoms with Gasteiger partial charge < -0.3 is 24.6 Å². The van der Waals surface area contributed by atoms with Gasteiger partial charge in [0.05, 0.1) is 13.2 Å². The van der Waals surface area contributed by atoms with E-state index >= 15 is 0 Å². The summed E-state index contributed by atoms with van der Waals surface area (Å²) in [7, 11) is 0. The average molecular weight is 629 g/mol. The van der Waals surface area contributed by atoms with Crippen LogP contribution in [-0.4, -0.2) is 80.8 Å². The van der Waals surface area contributed by atoms with Crippen molar-refractivity contribution in [2.75, 3.05) is 52.5 Å². The summed E-state index contributed by atoms with van der Waals surface area (Å²) in [6, 6.07) is 0. The van der Waals surface area contributed by atoms with Crippen LogP contribution in [0.25, 0.3) is 0 Å². The molecule has 0 saturated heterocycles. The molecule has 0 radical (unpaired) electrons. The summed E-state index contributed by atoms with van der Waals surface area (Å²) in [5.41, 5.74) is 0. The van der Waals surface area contributed by atoms with Crippen molar-refractivity contribution in [1.29, 1.82) is 0 Å². The lowest BCUT2D eigenvalue weighted by atomic mass is 9.95. The highest BCUT2D eigenvalue weighted by Crippen LogP contribution is 2.20. The first-order chi connectivity index (χ1) is 21.5. The molecule has 0 bridgehead atoms. The van der Waals surface area contributed by atoms with Crippen LogP contribution in [0.5, 0.6) is 0 Å². The fourth-order valence-corrected chi connectivity index (χ4v) is 5.52. The monoisotopic (exact) mass is 629 g/mol. The molecule has 0 amide bonds. The van der Waals surface area contributed by atoms with E-state index in [2.05, 4.69) is 37.9 Å². The molecule has 0 aromatic carbocycles. The molecule has 0 aromatic rings. The van der Waals surface area contributed by atoms with Gasteiger partial charge in [0, 0.05) is 32.6 Å². The standard InChI is InChI=1S/C36H72N2O6/c1-5-9-12-15-16-18-22-33(21-17-13-10-6-2)32-43-35(40)25-20-24-34(23-19-14-11-7-3)44-36(41)42-31-29-38(28-30-39)27-26-37-8-4/h33-34,37,39H,5-32H2,1-4H3. The van der Waals surface area contributed by atoms with E-state index in [1.807, 2.05) is 0 Å². The third-order valence-corrected chi connectivity index (χ3v) is 8.36. The van der Waals surface area contributed by atoms with Gasteiger partial charge in [0.25, 0.3) is 0 Å². The number of carbonyl (C=O) groups is 2. The number of carbonyl (C=O) groups excluding carboxylic acids is 2. The molecular weight excluding hydrogens is 556 g/mol. The summed E-state index contributed by atoms with van der Waals surface area (Å²) < 4.78 is 16.9. The lowest BCUT2D eigenvalue weighted by Gasteiger charge is -2.22. The minimum atomic E-state index is -0.649. The van der Waals surface area contributed by atoms with E-state index < -0.39 is 6.16 Å². The van der Waals surface area contributed by atoms with Crippen molar-refractivity contribution < 1.29 is 28.9 Å². The number of unbranched alkanes of at least 4 members (excludes halogenated alkanes) is 11. The molecule has 0 aromatic heterocycles. The van der Waals surface area contributed by atoms with E-state index in [0.29, 0.717) is 44.9 Å². The minimum Gasteiger partial charge on any atom is -0.465 e. The predicted octanol–water partition coefficient (Wildman–Crippen LogP) is 8.43. The lowest BCUT2D eigenvalue weighted by molar-refractivity contribution is -0.145. The van der Waals surface area contributed by atoms with E-state index in [9.17, 15) is 14.7 Å². The molecule has 262 valence electrons. The van der Waals surface area contributed by atoms with Crippen LogP contribution < -0.4 is 5.32 Å². The van der Waals surface area contributed by atoms with Crippen LogP contribution >= 0.6 is 0 Å². The highest BCUT2D eigenvalue weighted by molar-refractivity contribution is 5.69. The highest BCUT2D eigenvalue weighted by atomic mass is 16.7. The molecule has 2 N–H and O–H groups in total. The molecule has 0 saturated carbocycles. The summed E-state index contributed by atoms with van der Waals surface area (Å²) in [5, 5.41) is 12.6. The van der Waals surface area contributed by atoms with Crippen molar-refractivity contribution in [2.24, 2.45) is 5.92 Å². The van der Waals surface area contributed by atoms with Gasteiger partial charge in [-0.3, -0.25) is 9.69 Å². The van der Waals surface area contributed by atoms with Crippen LogP contribution in [0.15, 0.2) is 0 Å². The normalized spacial score (nSPS) is 12.8. The van der Waals surface area contributed by atoms with Crippen molar-refractivity contribution in [2.45, 2.75) is 162 Å². The Morgan fingerprint density at radius 2 is 1.25 bits per heavy atom. The Morgan fingerprint density at radius 3 is 1.86 bits per heavy atom. The van der Waals surface area contributed by atoms with E-state index in [4.69, 9.17) is 14.2 Å². The van der Waals surface area contributed by atoms with Crippen LogP contribution in [-0.2, 0) is 19.0 Å². The quantitative estimate of drug-likeness (QED) is 0.0552. The number of hydrogen-bond acceptors (Lipinski definition) is 8. The molecule has 0 heterocycles. The Hall–Kier alpha value is -1.38. The number of aliphatic hydroxyl groups is 1. The Kier molecular flexibility index (Phi) is 32.0. The third kappa shape index (κ3) is 28.1. The SMILES string of the molecule is CCCCCCCCC(CCCCCC)COC(=O)CCCC(CCCCCC)OC(=O)OCCN(CCO)CCNCC. The first-order valence-electron chi connectivity index (χ1n) is 18.5. The minimum absolute atomic E-state index is 0.0670. The van der Waals surface area contributed by atoms with Crippen LogP contribution in [0.1, 0.15) is 156 Å².